The first-order valence-corrected chi connectivity index (χ1v) is 8.40. The van der Waals surface area contributed by atoms with Crippen molar-refractivity contribution in [2.24, 2.45) is 17.8 Å². The van der Waals surface area contributed by atoms with Gasteiger partial charge in [0, 0.05) is 18.3 Å². The van der Waals surface area contributed by atoms with Crippen molar-refractivity contribution in [3.05, 3.63) is 42.5 Å². The summed E-state index contributed by atoms with van der Waals surface area (Å²) in [5.74, 6) is 1.36. The van der Waals surface area contributed by atoms with Crippen molar-refractivity contribution in [1.29, 1.82) is 0 Å². The molecule has 0 aliphatic heterocycles. The number of hydrogen-bond acceptors (Lipinski definition) is 4. The van der Waals surface area contributed by atoms with Gasteiger partial charge in [-0.15, -0.1) is 0 Å². The lowest BCUT2D eigenvalue weighted by molar-refractivity contribution is -0.123. The summed E-state index contributed by atoms with van der Waals surface area (Å²) in [6.45, 7) is 0.177. The second kappa shape index (κ2) is 7.28. The first-order valence-electron chi connectivity index (χ1n) is 8.40. The Morgan fingerprint density at radius 1 is 1.22 bits per heavy atom. The zero-order valence-electron chi connectivity index (χ0n) is 13.2. The van der Waals surface area contributed by atoms with Gasteiger partial charge >= 0.3 is 0 Å². The van der Waals surface area contributed by atoms with Gasteiger partial charge in [0.25, 0.3) is 0 Å². The molecule has 0 aromatic heterocycles. The molecule has 2 saturated carbocycles. The van der Waals surface area contributed by atoms with Crippen LogP contribution in [0.4, 0.5) is 0 Å². The minimum Gasteiger partial charge on any atom is -0.491 e. The molecule has 2 aliphatic carbocycles. The molecule has 3 rings (SSSR count). The number of carbonyl (C=O) groups is 1. The van der Waals surface area contributed by atoms with Crippen LogP contribution in [0.25, 0.3) is 0 Å². The molecule has 5 atom stereocenters. The van der Waals surface area contributed by atoms with E-state index in [1.165, 1.54) is 0 Å². The van der Waals surface area contributed by atoms with Crippen molar-refractivity contribution in [3.63, 3.8) is 0 Å². The number of fused-ring (bicyclic) bond motifs is 1. The van der Waals surface area contributed by atoms with Crippen molar-refractivity contribution < 1.29 is 19.7 Å². The topological polar surface area (TPSA) is 66.8 Å². The van der Waals surface area contributed by atoms with E-state index in [1.54, 1.807) is 6.08 Å². The van der Waals surface area contributed by atoms with Crippen LogP contribution in [0.2, 0.25) is 0 Å². The minimum absolute atomic E-state index is 0.0356. The zero-order chi connectivity index (χ0) is 16.2. The smallest absolute Gasteiger partial charge is 0.136 e. The number of ether oxygens (including phenoxy) is 1. The van der Waals surface area contributed by atoms with E-state index in [0.717, 1.165) is 18.6 Å². The number of benzene rings is 1. The second-order valence-electron chi connectivity index (χ2n) is 6.57. The predicted octanol–water partition coefficient (Wildman–Crippen LogP) is 2.35. The Morgan fingerprint density at radius 3 is 2.78 bits per heavy atom. The highest BCUT2D eigenvalue weighted by Crippen LogP contribution is 2.44. The van der Waals surface area contributed by atoms with Gasteiger partial charge in [0.05, 0.1) is 6.10 Å². The molecule has 2 N–H and O–H groups in total. The first-order chi connectivity index (χ1) is 11.1. The molecule has 0 spiro atoms. The molecule has 124 valence electrons. The summed E-state index contributed by atoms with van der Waals surface area (Å²) >= 11 is 0. The van der Waals surface area contributed by atoms with E-state index >= 15 is 0 Å². The average molecular weight is 316 g/mol. The SMILES string of the molecule is O=C1CC[C@H]2C(C=C[C@H](O)COc3ccccc3)C(O)CC[C@H]12. The number of rotatable bonds is 5. The summed E-state index contributed by atoms with van der Waals surface area (Å²) in [6.07, 6.45) is 5.40. The maximum atomic E-state index is 11.9. The molecular weight excluding hydrogens is 292 g/mol. The normalized spacial score (nSPS) is 32.0. The molecular formula is C19H24O4. The fourth-order valence-corrected chi connectivity index (χ4v) is 3.88. The molecule has 0 amide bonds. The maximum absolute atomic E-state index is 11.9. The van der Waals surface area contributed by atoms with E-state index in [0.29, 0.717) is 18.6 Å². The Balaban J connectivity index is 1.56. The van der Waals surface area contributed by atoms with E-state index in [4.69, 9.17) is 4.74 Å². The molecule has 23 heavy (non-hydrogen) atoms. The lowest BCUT2D eigenvalue weighted by atomic mass is 9.72. The lowest BCUT2D eigenvalue weighted by Gasteiger charge is -2.35. The van der Waals surface area contributed by atoms with Crippen molar-refractivity contribution in [2.75, 3.05) is 6.61 Å². The van der Waals surface area contributed by atoms with E-state index in [1.807, 2.05) is 36.4 Å². The standard InChI is InChI=1S/C19H24O4/c20-13(12-23-14-4-2-1-3-5-14)6-7-16-15-8-10-18(21)17(15)9-11-19(16)22/h1-7,13,15-17,19-20,22H,8-12H2/t13-,15-,16?,17-,19?/m0/s1. The van der Waals surface area contributed by atoms with Gasteiger partial charge in [-0.25, -0.2) is 0 Å². The largest absolute Gasteiger partial charge is 0.491 e. The molecule has 1 aromatic carbocycles. The third kappa shape index (κ3) is 3.82. The van der Waals surface area contributed by atoms with Crippen LogP contribution in [0.5, 0.6) is 5.75 Å². The molecule has 4 nitrogen and oxygen atoms in total. The Labute approximate surface area is 136 Å². The molecule has 0 heterocycles. The fraction of sp³-hybridized carbons (Fsp3) is 0.526. The van der Waals surface area contributed by atoms with E-state index in [-0.39, 0.29) is 24.4 Å². The molecule has 0 saturated heterocycles. The highest BCUT2D eigenvalue weighted by Gasteiger charge is 2.44. The van der Waals surface area contributed by atoms with Gasteiger partial charge in [-0.1, -0.05) is 30.4 Å². The Kier molecular flexibility index (Phi) is 5.13. The molecule has 0 radical (unpaired) electrons. The summed E-state index contributed by atoms with van der Waals surface area (Å²) in [7, 11) is 0. The van der Waals surface area contributed by atoms with Gasteiger partial charge < -0.3 is 14.9 Å². The van der Waals surface area contributed by atoms with Gasteiger partial charge in [0.2, 0.25) is 0 Å². The first kappa shape index (κ1) is 16.2. The number of para-hydroxylation sites is 1. The summed E-state index contributed by atoms with van der Waals surface area (Å²) in [5, 5.41) is 20.3. The molecule has 2 unspecified atom stereocenters. The number of ketones is 1. The monoisotopic (exact) mass is 316 g/mol. The van der Waals surface area contributed by atoms with Gasteiger partial charge in [-0.3, -0.25) is 4.79 Å². The van der Waals surface area contributed by atoms with Crippen LogP contribution in [-0.4, -0.2) is 34.8 Å². The second-order valence-corrected chi connectivity index (χ2v) is 6.57. The van der Waals surface area contributed by atoms with Crippen LogP contribution in [0.1, 0.15) is 25.7 Å². The van der Waals surface area contributed by atoms with Gasteiger partial charge in [0.1, 0.15) is 24.2 Å². The van der Waals surface area contributed by atoms with Crippen LogP contribution in [0.3, 0.4) is 0 Å². The molecule has 1 aromatic rings. The van der Waals surface area contributed by atoms with Crippen molar-refractivity contribution >= 4 is 5.78 Å². The van der Waals surface area contributed by atoms with Gasteiger partial charge in [-0.05, 0) is 37.3 Å². The van der Waals surface area contributed by atoms with E-state index in [9.17, 15) is 15.0 Å². The molecule has 2 fully saturated rings. The highest BCUT2D eigenvalue weighted by atomic mass is 16.5. The lowest BCUT2D eigenvalue weighted by Crippen LogP contribution is -2.36. The Hall–Kier alpha value is -1.65. The summed E-state index contributed by atoms with van der Waals surface area (Å²) in [5.41, 5.74) is 0. The number of hydrogen-bond donors (Lipinski definition) is 2. The Bertz CT molecular complexity index is 554. The third-order valence-corrected chi connectivity index (χ3v) is 5.09. The van der Waals surface area contributed by atoms with Gasteiger partial charge in [0.15, 0.2) is 0 Å². The summed E-state index contributed by atoms with van der Waals surface area (Å²) in [4.78, 5) is 11.9. The van der Waals surface area contributed by atoms with E-state index < -0.39 is 12.2 Å². The molecule has 4 heteroatoms. The molecule has 0 bridgehead atoms. The van der Waals surface area contributed by atoms with Crippen LogP contribution in [0.15, 0.2) is 42.5 Å². The van der Waals surface area contributed by atoms with Crippen LogP contribution in [0, 0.1) is 17.8 Å². The summed E-state index contributed by atoms with van der Waals surface area (Å²) < 4.78 is 5.52. The van der Waals surface area contributed by atoms with Crippen molar-refractivity contribution in [3.8, 4) is 5.75 Å². The maximum Gasteiger partial charge on any atom is 0.136 e. The molecule has 2 aliphatic rings. The Morgan fingerprint density at radius 2 is 2.00 bits per heavy atom. The number of Topliss-reactive ketones (excluding diaryl/α,β-unsaturated/α-hetero) is 1. The van der Waals surface area contributed by atoms with Crippen LogP contribution < -0.4 is 4.74 Å². The number of aliphatic hydroxyl groups is 2. The highest BCUT2D eigenvalue weighted by molar-refractivity contribution is 5.83. The van der Waals surface area contributed by atoms with E-state index in [2.05, 4.69) is 0 Å². The average Bonchev–Trinajstić information content (AvgIpc) is 2.94. The number of aliphatic hydroxyl groups excluding tert-OH is 2. The van der Waals surface area contributed by atoms with Crippen molar-refractivity contribution in [1.82, 2.24) is 0 Å². The quantitative estimate of drug-likeness (QED) is 0.818. The number of carbonyl (C=O) groups excluding carboxylic acids is 1. The van der Waals surface area contributed by atoms with Crippen LogP contribution >= 0.6 is 0 Å². The van der Waals surface area contributed by atoms with Crippen LogP contribution in [-0.2, 0) is 4.79 Å². The zero-order valence-corrected chi connectivity index (χ0v) is 13.2. The summed E-state index contributed by atoms with van der Waals surface area (Å²) in [6, 6.07) is 9.36. The van der Waals surface area contributed by atoms with Crippen molar-refractivity contribution in [2.45, 2.75) is 37.9 Å². The van der Waals surface area contributed by atoms with Gasteiger partial charge in [-0.2, -0.15) is 0 Å². The fourth-order valence-electron chi connectivity index (χ4n) is 3.88. The third-order valence-electron chi connectivity index (χ3n) is 5.09. The predicted molar refractivity (Wildman–Crippen MR) is 87.0 cm³/mol. The minimum atomic E-state index is -0.722.